The number of rotatable bonds is 6. The average Bonchev–Trinajstić information content (AvgIpc) is 1.93. The van der Waals surface area contributed by atoms with Gasteiger partial charge in [-0.2, -0.15) is 0 Å². The van der Waals surface area contributed by atoms with Crippen LogP contribution in [0, 0.1) is 5.92 Å². The third kappa shape index (κ3) is 6.64. The summed E-state index contributed by atoms with van der Waals surface area (Å²) < 4.78 is 11.9. The van der Waals surface area contributed by atoms with Crippen molar-refractivity contribution in [3.63, 3.8) is 0 Å². The van der Waals surface area contributed by atoms with E-state index < -0.39 is 13.5 Å². The molecule has 2 N–H and O–H groups in total. The highest BCUT2D eigenvalue weighted by molar-refractivity contribution is 7.57. The Labute approximate surface area is 99.3 Å². The number of hydrogen-bond acceptors (Lipinski definition) is 2. The van der Waals surface area contributed by atoms with Gasteiger partial charge in [0.25, 0.3) is 0 Å². The maximum absolute atomic E-state index is 11.3. The molecule has 0 spiro atoms. The van der Waals surface area contributed by atoms with E-state index in [0.29, 0.717) is 10.4 Å². The fraction of sp³-hybridized carbons (Fsp3) is 1.00. The average molecular weight is 252 g/mol. The summed E-state index contributed by atoms with van der Waals surface area (Å²) >= 11 is 0. The molecule has 0 saturated heterocycles. The van der Waals surface area contributed by atoms with Crippen LogP contribution in [-0.4, -0.2) is 60.6 Å². The summed E-state index contributed by atoms with van der Waals surface area (Å²) in [5, 5.41) is 10.1. The van der Waals surface area contributed by atoms with Crippen molar-refractivity contribution in [3.8, 4) is 0 Å². The second kappa shape index (κ2) is 5.63. The molecule has 0 saturated carbocycles. The second-order valence-corrected chi connectivity index (χ2v) is 8.58. The lowest BCUT2D eigenvalue weighted by molar-refractivity contribution is -0.900. The number of nitrogens with zero attached hydrogens (tertiary/aromatic N) is 1. The molecule has 98 valence electrons. The van der Waals surface area contributed by atoms with Gasteiger partial charge in [0.2, 0.25) is 0 Å². The van der Waals surface area contributed by atoms with E-state index in [4.69, 9.17) is 0 Å². The zero-order valence-corrected chi connectivity index (χ0v) is 12.2. The van der Waals surface area contributed by atoms with Crippen molar-refractivity contribution in [1.29, 1.82) is 0 Å². The van der Waals surface area contributed by atoms with Gasteiger partial charge in [-0.05, 0) is 5.92 Å². The maximum Gasteiger partial charge on any atom is 0.200 e. The van der Waals surface area contributed by atoms with Crippen molar-refractivity contribution in [2.24, 2.45) is 5.92 Å². The number of quaternary nitrogens is 1. The molecule has 0 heterocycles. The third-order valence-corrected chi connectivity index (χ3v) is 3.73. The van der Waals surface area contributed by atoms with Crippen LogP contribution in [-0.2, 0) is 4.57 Å². The van der Waals surface area contributed by atoms with Crippen LogP contribution in [0.2, 0.25) is 0 Å². The van der Waals surface area contributed by atoms with E-state index >= 15 is 0 Å². The zero-order valence-electron chi connectivity index (χ0n) is 11.3. The van der Waals surface area contributed by atoms with Crippen molar-refractivity contribution in [3.05, 3.63) is 0 Å². The predicted molar refractivity (Wildman–Crippen MR) is 67.9 cm³/mol. The van der Waals surface area contributed by atoms with Gasteiger partial charge >= 0.3 is 0 Å². The van der Waals surface area contributed by atoms with E-state index in [2.05, 4.69) is 13.8 Å². The molecular weight excluding hydrogens is 225 g/mol. The van der Waals surface area contributed by atoms with E-state index in [0.717, 1.165) is 6.42 Å². The van der Waals surface area contributed by atoms with E-state index in [9.17, 15) is 14.6 Å². The molecule has 0 fully saturated rings. The minimum absolute atomic E-state index is 0.000394. The lowest BCUT2D eigenvalue weighted by Crippen LogP contribution is -2.53. The van der Waals surface area contributed by atoms with Crippen LogP contribution < -0.4 is 0 Å². The number of likely N-dealkylation sites (N-methyl/N-ethyl adjacent to an activating group) is 1. The molecule has 0 bridgehead atoms. The molecule has 3 atom stereocenters. The Morgan fingerprint density at radius 1 is 1.25 bits per heavy atom. The molecule has 5 heteroatoms. The van der Waals surface area contributed by atoms with E-state index in [1.807, 2.05) is 21.1 Å². The number of aliphatic hydroxyl groups excluding tert-OH is 1. The highest BCUT2D eigenvalue weighted by atomic mass is 31.2. The zero-order chi connectivity index (χ0) is 13.1. The van der Waals surface area contributed by atoms with Gasteiger partial charge in [0, 0.05) is 13.1 Å². The molecular formula is C11H27NO3P+. The van der Waals surface area contributed by atoms with E-state index in [1.165, 1.54) is 6.66 Å². The van der Waals surface area contributed by atoms with Gasteiger partial charge in [-0.15, -0.1) is 0 Å². The molecule has 0 aliphatic heterocycles. The quantitative estimate of drug-likeness (QED) is 0.554. The molecule has 16 heavy (non-hydrogen) atoms. The van der Waals surface area contributed by atoms with Gasteiger partial charge in [0.1, 0.15) is 12.1 Å². The Kier molecular flexibility index (Phi) is 5.67. The lowest BCUT2D eigenvalue weighted by atomic mass is 9.97. The Morgan fingerprint density at radius 3 is 1.94 bits per heavy atom. The van der Waals surface area contributed by atoms with Crippen molar-refractivity contribution in [1.82, 2.24) is 0 Å². The monoisotopic (exact) mass is 252 g/mol. The molecule has 0 aliphatic carbocycles. The fourth-order valence-corrected chi connectivity index (χ4v) is 2.88. The summed E-state index contributed by atoms with van der Waals surface area (Å²) in [5.41, 5.74) is 0. The van der Waals surface area contributed by atoms with Crippen LogP contribution in [0.25, 0.3) is 0 Å². The van der Waals surface area contributed by atoms with Gasteiger partial charge in [-0.1, -0.05) is 13.8 Å². The summed E-state index contributed by atoms with van der Waals surface area (Å²) in [5.74, 6) is 0.465. The Hall–Kier alpha value is 0.110. The minimum atomic E-state index is -3.15. The van der Waals surface area contributed by atoms with Crippen LogP contribution in [0.15, 0.2) is 0 Å². The molecule has 0 radical (unpaired) electrons. The first-order valence-corrected chi connectivity index (χ1v) is 8.01. The summed E-state index contributed by atoms with van der Waals surface area (Å²) in [6.45, 7) is 5.50. The Morgan fingerprint density at radius 2 is 1.69 bits per heavy atom. The van der Waals surface area contributed by atoms with Gasteiger partial charge in [0.05, 0.1) is 27.3 Å². The molecule has 0 aliphatic rings. The minimum Gasteiger partial charge on any atom is -0.386 e. The molecule has 4 nitrogen and oxygen atoms in total. The van der Waals surface area contributed by atoms with Crippen LogP contribution >= 0.6 is 7.37 Å². The van der Waals surface area contributed by atoms with Gasteiger partial charge in [0.15, 0.2) is 7.37 Å². The topological polar surface area (TPSA) is 57.5 Å². The van der Waals surface area contributed by atoms with Crippen LogP contribution in [0.3, 0.4) is 0 Å². The number of aliphatic hydroxyl groups is 1. The third-order valence-electron chi connectivity index (χ3n) is 2.68. The summed E-state index contributed by atoms with van der Waals surface area (Å²) in [4.78, 5) is 9.33. The highest BCUT2D eigenvalue weighted by Gasteiger charge is 2.34. The predicted octanol–water partition coefficient (Wildman–Crippen LogP) is 1.37. The van der Waals surface area contributed by atoms with E-state index in [-0.39, 0.29) is 12.2 Å². The van der Waals surface area contributed by atoms with Gasteiger partial charge in [-0.25, -0.2) is 0 Å². The summed E-state index contributed by atoms with van der Waals surface area (Å²) in [6, 6.07) is 0.000394. The van der Waals surface area contributed by atoms with Crippen molar-refractivity contribution in [2.45, 2.75) is 32.4 Å². The van der Waals surface area contributed by atoms with Gasteiger partial charge < -0.3 is 14.5 Å². The second-order valence-electron chi connectivity index (χ2n) is 6.11. The Balaban J connectivity index is 4.70. The van der Waals surface area contributed by atoms with Crippen LogP contribution in [0.4, 0.5) is 0 Å². The van der Waals surface area contributed by atoms with Crippen molar-refractivity contribution < 1.29 is 19.0 Å². The van der Waals surface area contributed by atoms with Crippen molar-refractivity contribution in [2.75, 3.05) is 34.0 Å². The summed E-state index contributed by atoms with van der Waals surface area (Å²) in [7, 11) is 2.88. The van der Waals surface area contributed by atoms with E-state index in [1.54, 1.807) is 0 Å². The largest absolute Gasteiger partial charge is 0.386 e. The van der Waals surface area contributed by atoms with Crippen LogP contribution in [0.1, 0.15) is 20.3 Å². The first kappa shape index (κ1) is 16.1. The first-order chi connectivity index (χ1) is 6.93. The molecule has 0 aromatic heterocycles. The first-order valence-electron chi connectivity index (χ1n) is 5.72. The molecule has 0 aromatic carbocycles. The molecule has 0 rings (SSSR count). The molecule has 0 aromatic rings. The normalized spacial score (nSPS) is 20.6. The summed E-state index contributed by atoms with van der Waals surface area (Å²) in [6.07, 6.45) is 0.119. The number of hydrogen-bond donors (Lipinski definition) is 2. The standard InChI is InChI=1S/C11H26NO3P/c1-9(2)7-10(12(3,4)5)11(13)8-16(6,14)15/h9-11,13H,7-8H2,1-6H3/p+1/t10?,11-/m1/s1. The van der Waals surface area contributed by atoms with Crippen molar-refractivity contribution >= 4 is 7.37 Å². The SMILES string of the molecule is CC(C)CC([C@H](O)CP(C)(=O)O)[N+](C)(C)C. The Bertz CT molecular complexity index is 254. The van der Waals surface area contributed by atoms with Crippen LogP contribution in [0.5, 0.6) is 0 Å². The van der Waals surface area contributed by atoms with Gasteiger partial charge in [-0.3, -0.25) is 4.57 Å². The molecule has 2 unspecified atom stereocenters. The lowest BCUT2D eigenvalue weighted by Gasteiger charge is -2.38. The highest BCUT2D eigenvalue weighted by Crippen LogP contribution is 2.37. The smallest absolute Gasteiger partial charge is 0.200 e. The fourth-order valence-electron chi connectivity index (χ4n) is 1.94. The maximum atomic E-state index is 11.3. The molecule has 0 amide bonds.